The van der Waals surface area contributed by atoms with Gasteiger partial charge >= 0.3 is 6.18 Å². The monoisotopic (exact) mass is 263 g/mol. The van der Waals surface area contributed by atoms with Crippen LogP contribution < -0.4 is 5.32 Å². The Kier molecular flexibility index (Phi) is 3.64. The number of hydrogen-bond donors (Lipinski definition) is 1. The summed E-state index contributed by atoms with van der Waals surface area (Å²) in [6.45, 7) is 1.65. The van der Waals surface area contributed by atoms with Gasteiger partial charge in [-0.1, -0.05) is 11.6 Å². The lowest BCUT2D eigenvalue weighted by atomic mass is 9.90. The molecule has 2 rings (SSSR count). The van der Waals surface area contributed by atoms with Gasteiger partial charge in [-0.2, -0.15) is 13.2 Å². The summed E-state index contributed by atoms with van der Waals surface area (Å²) in [5.41, 5.74) is 0.0163. The van der Waals surface area contributed by atoms with Gasteiger partial charge in [-0.25, -0.2) is 0 Å². The molecule has 1 nitrogen and oxygen atoms in total. The molecule has 1 fully saturated rings. The van der Waals surface area contributed by atoms with Crippen LogP contribution in [-0.2, 0) is 6.18 Å². The maximum absolute atomic E-state index is 12.6. The van der Waals surface area contributed by atoms with E-state index < -0.39 is 11.7 Å². The van der Waals surface area contributed by atoms with Gasteiger partial charge in [-0.05, 0) is 49.1 Å². The fourth-order valence-corrected chi connectivity index (χ4v) is 2.39. The Morgan fingerprint density at radius 3 is 2.59 bits per heavy atom. The fourth-order valence-electron chi connectivity index (χ4n) is 2.15. The Hall–Kier alpha value is -0.740. The third-order valence-corrected chi connectivity index (χ3v) is 3.23. The third-order valence-electron chi connectivity index (χ3n) is 3.02. The van der Waals surface area contributed by atoms with Crippen LogP contribution in [-0.4, -0.2) is 13.1 Å². The van der Waals surface area contributed by atoms with Crippen molar-refractivity contribution in [3.8, 4) is 0 Å². The van der Waals surface area contributed by atoms with Crippen molar-refractivity contribution in [3.05, 3.63) is 34.3 Å². The molecule has 0 spiro atoms. The molecule has 1 aliphatic heterocycles. The van der Waals surface area contributed by atoms with E-state index in [2.05, 4.69) is 5.32 Å². The summed E-state index contributed by atoms with van der Waals surface area (Å²) in [7, 11) is 0. The Balaban J connectivity index is 2.31. The van der Waals surface area contributed by atoms with E-state index >= 15 is 0 Å². The predicted octanol–water partition coefficient (Wildman–Crippen LogP) is 3.83. The molecule has 0 amide bonds. The van der Waals surface area contributed by atoms with Crippen molar-refractivity contribution in [1.29, 1.82) is 0 Å². The molecule has 0 radical (unpaired) electrons. The number of benzene rings is 1. The van der Waals surface area contributed by atoms with Crippen LogP contribution in [0.2, 0.25) is 5.02 Å². The standard InChI is InChI=1S/C12H13ClF3N/c13-11-5-9(8-2-1-3-17-7-8)4-10(6-11)12(14,15)16/h4-6,8,17H,1-3,7H2/t8-/m0/s1. The summed E-state index contributed by atoms with van der Waals surface area (Å²) in [6.07, 6.45) is -2.44. The smallest absolute Gasteiger partial charge is 0.316 e. The third kappa shape index (κ3) is 3.13. The lowest BCUT2D eigenvalue weighted by molar-refractivity contribution is -0.137. The van der Waals surface area contributed by atoms with Crippen molar-refractivity contribution >= 4 is 11.6 Å². The van der Waals surface area contributed by atoms with E-state index in [9.17, 15) is 13.2 Å². The van der Waals surface area contributed by atoms with Crippen molar-refractivity contribution in [2.45, 2.75) is 24.9 Å². The van der Waals surface area contributed by atoms with Gasteiger partial charge in [0.1, 0.15) is 0 Å². The summed E-state index contributed by atoms with van der Waals surface area (Å²) in [5, 5.41) is 3.34. The van der Waals surface area contributed by atoms with Gasteiger partial charge in [-0.3, -0.25) is 0 Å². The highest BCUT2D eigenvalue weighted by atomic mass is 35.5. The van der Waals surface area contributed by atoms with Gasteiger partial charge in [0.25, 0.3) is 0 Å². The second-order valence-corrected chi connectivity index (χ2v) is 4.75. The molecule has 0 unspecified atom stereocenters. The molecule has 0 aromatic heterocycles. The molecule has 17 heavy (non-hydrogen) atoms. The highest BCUT2D eigenvalue weighted by Crippen LogP contribution is 2.34. The largest absolute Gasteiger partial charge is 0.416 e. The van der Waals surface area contributed by atoms with E-state index in [4.69, 9.17) is 11.6 Å². The molecule has 5 heteroatoms. The van der Waals surface area contributed by atoms with Gasteiger partial charge < -0.3 is 5.32 Å². The summed E-state index contributed by atoms with van der Waals surface area (Å²) in [6, 6.07) is 3.82. The lowest BCUT2D eigenvalue weighted by Gasteiger charge is -2.24. The first-order chi connectivity index (χ1) is 7.97. The first kappa shape index (κ1) is 12.7. The van der Waals surface area contributed by atoms with Gasteiger partial charge in [0.15, 0.2) is 0 Å². The Morgan fingerprint density at radius 1 is 1.24 bits per heavy atom. The fraction of sp³-hybridized carbons (Fsp3) is 0.500. The first-order valence-electron chi connectivity index (χ1n) is 5.55. The van der Waals surface area contributed by atoms with Gasteiger partial charge in [-0.15, -0.1) is 0 Å². The van der Waals surface area contributed by atoms with Gasteiger partial charge in [0.05, 0.1) is 5.56 Å². The van der Waals surface area contributed by atoms with Crippen LogP contribution in [0, 0.1) is 0 Å². The molecular formula is C12H13ClF3N. The molecule has 94 valence electrons. The summed E-state index contributed by atoms with van der Waals surface area (Å²) in [5.74, 6) is 0.128. The Labute approximate surface area is 103 Å². The zero-order valence-corrected chi connectivity index (χ0v) is 9.91. The summed E-state index contributed by atoms with van der Waals surface area (Å²) >= 11 is 5.75. The van der Waals surface area contributed by atoms with Crippen LogP contribution in [0.3, 0.4) is 0 Å². The van der Waals surface area contributed by atoms with Crippen LogP contribution in [0.1, 0.15) is 29.9 Å². The minimum atomic E-state index is -4.33. The Bertz CT molecular complexity index is 397. The minimum absolute atomic E-state index is 0.128. The molecular weight excluding hydrogens is 251 g/mol. The van der Waals surface area contributed by atoms with Crippen LogP contribution in [0.5, 0.6) is 0 Å². The number of alkyl halides is 3. The van der Waals surface area contributed by atoms with Crippen molar-refractivity contribution in [1.82, 2.24) is 5.32 Å². The number of rotatable bonds is 1. The number of hydrogen-bond acceptors (Lipinski definition) is 1. The zero-order chi connectivity index (χ0) is 12.5. The second kappa shape index (κ2) is 4.86. The van der Waals surface area contributed by atoms with E-state index in [0.717, 1.165) is 32.0 Å². The van der Waals surface area contributed by atoms with Crippen LogP contribution in [0.25, 0.3) is 0 Å². The zero-order valence-electron chi connectivity index (χ0n) is 9.15. The number of piperidine rings is 1. The van der Waals surface area contributed by atoms with E-state index in [0.29, 0.717) is 5.56 Å². The topological polar surface area (TPSA) is 12.0 Å². The highest BCUT2D eigenvalue weighted by molar-refractivity contribution is 6.30. The molecule has 0 bridgehead atoms. The van der Waals surface area contributed by atoms with E-state index in [-0.39, 0.29) is 10.9 Å². The molecule has 1 aromatic carbocycles. The molecule has 0 saturated carbocycles. The average molecular weight is 264 g/mol. The molecule has 1 aromatic rings. The van der Waals surface area contributed by atoms with Crippen LogP contribution >= 0.6 is 11.6 Å². The van der Waals surface area contributed by atoms with Gasteiger partial charge in [0.2, 0.25) is 0 Å². The minimum Gasteiger partial charge on any atom is -0.316 e. The molecule has 1 heterocycles. The molecule has 1 N–H and O–H groups in total. The SMILES string of the molecule is FC(F)(F)c1cc(Cl)cc([C@H]2CCCNC2)c1. The van der Waals surface area contributed by atoms with E-state index in [1.807, 2.05) is 0 Å². The number of nitrogens with one attached hydrogen (secondary N) is 1. The first-order valence-corrected chi connectivity index (χ1v) is 5.93. The lowest BCUT2D eigenvalue weighted by Crippen LogP contribution is -2.28. The molecule has 1 atom stereocenters. The van der Waals surface area contributed by atoms with Crippen molar-refractivity contribution in [2.75, 3.05) is 13.1 Å². The van der Waals surface area contributed by atoms with Crippen molar-refractivity contribution < 1.29 is 13.2 Å². The van der Waals surface area contributed by atoms with Crippen molar-refractivity contribution in [2.24, 2.45) is 0 Å². The maximum Gasteiger partial charge on any atom is 0.416 e. The molecule has 1 saturated heterocycles. The van der Waals surface area contributed by atoms with Crippen molar-refractivity contribution in [3.63, 3.8) is 0 Å². The van der Waals surface area contributed by atoms with Crippen LogP contribution in [0.15, 0.2) is 18.2 Å². The Morgan fingerprint density at radius 2 is 2.00 bits per heavy atom. The summed E-state index contributed by atoms with van der Waals surface area (Å²) < 4.78 is 37.9. The molecule has 0 aliphatic carbocycles. The van der Waals surface area contributed by atoms with E-state index in [1.165, 1.54) is 6.07 Å². The maximum atomic E-state index is 12.6. The van der Waals surface area contributed by atoms with Crippen LogP contribution in [0.4, 0.5) is 13.2 Å². The average Bonchev–Trinajstić information content (AvgIpc) is 2.28. The predicted molar refractivity (Wildman–Crippen MR) is 61.3 cm³/mol. The normalized spacial score (nSPS) is 21.5. The molecule has 1 aliphatic rings. The quantitative estimate of drug-likeness (QED) is 0.812. The van der Waals surface area contributed by atoms with Gasteiger partial charge in [0, 0.05) is 11.6 Å². The highest BCUT2D eigenvalue weighted by Gasteiger charge is 2.31. The number of halogens is 4. The second-order valence-electron chi connectivity index (χ2n) is 4.31. The summed E-state index contributed by atoms with van der Waals surface area (Å²) in [4.78, 5) is 0. The van der Waals surface area contributed by atoms with E-state index in [1.54, 1.807) is 6.07 Å².